The SMILES string of the molecule is O=C1N(C2CCC(O)CC2)CC[C@@]12CCCN(c1ccc(N3CCCC[C@H]3O)cc1)C2. The van der Waals surface area contributed by atoms with Gasteiger partial charge in [0.15, 0.2) is 0 Å². The highest BCUT2D eigenvalue weighted by Crippen LogP contribution is 2.43. The Balaban J connectivity index is 1.26. The quantitative estimate of drug-likeness (QED) is 0.776. The largest absolute Gasteiger partial charge is 0.393 e. The van der Waals surface area contributed by atoms with Crippen molar-refractivity contribution in [2.24, 2.45) is 5.41 Å². The van der Waals surface area contributed by atoms with Crippen LogP contribution in [0.1, 0.15) is 64.2 Å². The maximum Gasteiger partial charge on any atom is 0.230 e. The molecule has 170 valence electrons. The van der Waals surface area contributed by atoms with Crippen molar-refractivity contribution in [3.8, 4) is 0 Å². The maximum absolute atomic E-state index is 13.5. The highest BCUT2D eigenvalue weighted by molar-refractivity contribution is 5.86. The number of carbonyl (C=O) groups excluding carboxylic acids is 1. The summed E-state index contributed by atoms with van der Waals surface area (Å²) in [4.78, 5) is 20.2. The number of hydrogen-bond donors (Lipinski definition) is 2. The summed E-state index contributed by atoms with van der Waals surface area (Å²) in [5.41, 5.74) is 2.03. The summed E-state index contributed by atoms with van der Waals surface area (Å²) >= 11 is 0. The van der Waals surface area contributed by atoms with E-state index in [0.29, 0.717) is 11.9 Å². The third-order valence-corrected chi connectivity index (χ3v) is 8.25. The Morgan fingerprint density at radius 2 is 1.52 bits per heavy atom. The van der Waals surface area contributed by atoms with E-state index in [9.17, 15) is 15.0 Å². The van der Waals surface area contributed by atoms with Gasteiger partial charge < -0.3 is 24.9 Å². The van der Waals surface area contributed by atoms with E-state index in [4.69, 9.17) is 0 Å². The first-order chi connectivity index (χ1) is 15.1. The van der Waals surface area contributed by atoms with Crippen molar-refractivity contribution in [1.82, 2.24) is 4.90 Å². The lowest BCUT2D eigenvalue weighted by atomic mass is 9.78. The van der Waals surface area contributed by atoms with Gasteiger partial charge in [-0.1, -0.05) is 0 Å². The monoisotopic (exact) mass is 427 g/mol. The van der Waals surface area contributed by atoms with E-state index in [0.717, 1.165) is 96.1 Å². The lowest BCUT2D eigenvalue weighted by molar-refractivity contribution is -0.139. The van der Waals surface area contributed by atoms with E-state index in [1.165, 1.54) is 5.69 Å². The Hall–Kier alpha value is -1.79. The molecule has 6 heteroatoms. The van der Waals surface area contributed by atoms with Crippen LogP contribution in [-0.4, -0.2) is 65.6 Å². The van der Waals surface area contributed by atoms with Crippen LogP contribution in [0.5, 0.6) is 0 Å². The highest BCUT2D eigenvalue weighted by atomic mass is 16.3. The fourth-order valence-electron chi connectivity index (χ4n) is 6.37. The summed E-state index contributed by atoms with van der Waals surface area (Å²) in [6, 6.07) is 8.90. The van der Waals surface area contributed by atoms with E-state index in [-0.39, 0.29) is 17.7 Å². The van der Waals surface area contributed by atoms with Crippen LogP contribution in [-0.2, 0) is 4.79 Å². The molecular weight excluding hydrogens is 390 g/mol. The van der Waals surface area contributed by atoms with Crippen molar-refractivity contribution in [3.63, 3.8) is 0 Å². The number of amides is 1. The van der Waals surface area contributed by atoms with Gasteiger partial charge in [0.1, 0.15) is 6.23 Å². The van der Waals surface area contributed by atoms with Gasteiger partial charge >= 0.3 is 0 Å². The Morgan fingerprint density at radius 3 is 2.26 bits per heavy atom. The molecule has 2 N–H and O–H groups in total. The number of carbonyl (C=O) groups is 1. The number of aliphatic hydroxyl groups excluding tert-OH is 2. The van der Waals surface area contributed by atoms with Crippen LogP contribution in [0, 0.1) is 5.41 Å². The van der Waals surface area contributed by atoms with Crippen molar-refractivity contribution in [2.45, 2.75) is 82.6 Å². The Kier molecular flexibility index (Phi) is 5.86. The van der Waals surface area contributed by atoms with Crippen LogP contribution in [0.2, 0.25) is 0 Å². The van der Waals surface area contributed by atoms with Gasteiger partial charge in [-0.05, 0) is 88.5 Å². The number of rotatable bonds is 3. The van der Waals surface area contributed by atoms with E-state index >= 15 is 0 Å². The average molecular weight is 428 g/mol. The lowest BCUT2D eigenvalue weighted by Gasteiger charge is -2.41. The highest BCUT2D eigenvalue weighted by Gasteiger charge is 2.50. The topological polar surface area (TPSA) is 67.3 Å². The Morgan fingerprint density at radius 1 is 0.774 bits per heavy atom. The van der Waals surface area contributed by atoms with E-state index < -0.39 is 0 Å². The molecule has 0 bridgehead atoms. The van der Waals surface area contributed by atoms with Crippen LogP contribution in [0.4, 0.5) is 11.4 Å². The standard InChI is InChI=1S/C25H37N3O3/c29-22-11-9-21(10-12-22)28-17-14-25(24(28)31)13-3-15-26(18-25)19-5-7-20(8-6-19)27-16-2-1-4-23(27)30/h5-8,21-23,29-30H,1-4,9-18H2/t21?,22?,23-,25-/m1/s1. The van der Waals surface area contributed by atoms with Crippen molar-refractivity contribution in [1.29, 1.82) is 0 Å². The molecule has 6 nitrogen and oxygen atoms in total. The minimum atomic E-state index is -0.374. The number of nitrogens with zero attached hydrogens (tertiary/aromatic N) is 3. The minimum absolute atomic E-state index is 0.179. The summed E-state index contributed by atoms with van der Waals surface area (Å²) < 4.78 is 0. The van der Waals surface area contributed by atoms with Gasteiger partial charge in [0.25, 0.3) is 0 Å². The zero-order valence-electron chi connectivity index (χ0n) is 18.6. The molecule has 3 heterocycles. The smallest absolute Gasteiger partial charge is 0.230 e. The van der Waals surface area contributed by atoms with Gasteiger partial charge in [-0.3, -0.25) is 4.79 Å². The second-order valence-corrected chi connectivity index (χ2v) is 10.2. The van der Waals surface area contributed by atoms with Crippen LogP contribution in [0.15, 0.2) is 24.3 Å². The molecule has 0 unspecified atom stereocenters. The van der Waals surface area contributed by atoms with Gasteiger partial charge in [-0.15, -0.1) is 0 Å². The molecule has 3 aliphatic heterocycles. The summed E-state index contributed by atoms with van der Waals surface area (Å²) in [7, 11) is 0. The molecule has 2 atom stereocenters. The molecule has 1 spiro atoms. The first kappa shape index (κ1) is 21.1. The molecule has 4 fully saturated rings. The van der Waals surface area contributed by atoms with Crippen LogP contribution in [0.25, 0.3) is 0 Å². The molecule has 1 amide bonds. The van der Waals surface area contributed by atoms with Gasteiger partial charge in [-0.25, -0.2) is 0 Å². The first-order valence-electron chi connectivity index (χ1n) is 12.3. The van der Waals surface area contributed by atoms with Gasteiger partial charge in [0.2, 0.25) is 5.91 Å². The molecule has 1 aliphatic carbocycles. The van der Waals surface area contributed by atoms with Gasteiger partial charge in [0, 0.05) is 43.6 Å². The average Bonchev–Trinajstić information content (AvgIpc) is 3.10. The third-order valence-electron chi connectivity index (χ3n) is 8.25. The molecule has 0 radical (unpaired) electrons. The molecule has 1 saturated carbocycles. The summed E-state index contributed by atoms with van der Waals surface area (Å²) in [6.45, 7) is 3.59. The van der Waals surface area contributed by atoms with Gasteiger partial charge in [0.05, 0.1) is 11.5 Å². The third kappa shape index (κ3) is 4.05. The second kappa shape index (κ2) is 8.62. The van der Waals surface area contributed by atoms with E-state index in [1.54, 1.807) is 0 Å². The molecule has 31 heavy (non-hydrogen) atoms. The van der Waals surface area contributed by atoms with Crippen LogP contribution >= 0.6 is 0 Å². The molecule has 3 saturated heterocycles. The number of likely N-dealkylation sites (tertiary alicyclic amines) is 1. The first-order valence-corrected chi connectivity index (χ1v) is 12.3. The van der Waals surface area contributed by atoms with Crippen molar-refractivity contribution in [3.05, 3.63) is 24.3 Å². The minimum Gasteiger partial charge on any atom is -0.393 e. The van der Waals surface area contributed by atoms with E-state index in [2.05, 4.69) is 39.0 Å². The number of piperidine rings is 2. The molecule has 1 aromatic carbocycles. The Bertz CT molecular complexity index is 777. The molecular formula is C25H37N3O3. The van der Waals surface area contributed by atoms with Crippen molar-refractivity contribution < 1.29 is 15.0 Å². The fraction of sp³-hybridized carbons (Fsp3) is 0.720. The molecule has 1 aromatic rings. The number of benzene rings is 1. The predicted molar refractivity (Wildman–Crippen MR) is 122 cm³/mol. The van der Waals surface area contributed by atoms with E-state index in [1.807, 2.05) is 0 Å². The zero-order valence-corrected chi connectivity index (χ0v) is 18.6. The van der Waals surface area contributed by atoms with Crippen molar-refractivity contribution >= 4 is 17.3 Å². The molecule has 4 aliphatic rings. The zero-order chi connectivity index (χ0) is 21.4. The lowest BCUT2D eigenvalue weighted by Crippen LogP contribution is -2.50. The number of aliphatic hydroxyl groups is 2. The predicted octanol–water partition coefficient (Wildman–Crippen LogP) is 3.12. The second-order valence-electron chi connectivity index (χ2n) is 10.2. The Labute approximate surface area is 185 Å². The van der Waals surface area contributed by atoms with Crippen LogP contribution < -0.4 is 9.80 Å². The number of anilines is 2. The summed E-state index contributed by atoms with van der Waals surface area (Å²) in [5, 5.41) is 20.1. The van der Waals surface area contributed by atoms with Gasteiger partial charge in [-0.2, -0.15) is 0 Å². The summed E-state index contributed by atoms with van der Waals surface area (Å²) in [5.74, 6) is 0.353. The van der Waals surface area contributed by atoms with Crippen molar-refractivity contribution in [2.75, 3.05) is 36.0 Å². The number of hydrogen-bond acceptors (Lipinski definition) is 5. The fourth-order valence-corrected chi connectivity index (χ4v) is 6.37. The molecule has 5 rings (SSSR count). The summed E-state index contributed by atoms with van der Waals surface area (Å²) in [6.07, 6.45) is 9.05. The maximum atomic E-state index is 13.5. The van der Waals surface area contributed by atoms with Crippen LogP contribution in [0.3, 0.4) is 0 Å². The normalized spacial score (nSPS) is 34.6. The molecule has 0 aromatic heterocycles.